The van der Waals surface area contributed by atoms with Gasteiger partial charge in [0.1, 0.15) is 0 Å². The zero-order valence-electron chi connectivity index (χ0n) is 18.3. The highest BCUT2D eigenvalue weighted by Crippen LogP contribution is 2.30. The number of nitrogens with one attached hydrogen (secondary N) is 1. The van der Waals surface area contributed by atoms with Gasteiger partial charge in [0, 0.05) is 61.6 Å². The molecule has 9 heteroatoms. The summed E-state index contributed by atoms with van der Waals surface area (Å²) in [6.45, 7) is 3.92. The molecule has 0 saturated carbocycles. The van der Waals surface area contributed by atoms with Crippen molar-refractivity contribution in [3.05, 3.63) is 58.4 Å². The molecule has 3 heterocycles. The summed E-state index contributed by atoms with van der Waals surface area (Å²) in [5.41, 5.74) is 1.15. The van der Waals surface area contributed by atoms with Crippen molar-refractivity contribution in [3.63, 3.8) is 0 Å². The highest BCUT2D eigenvalue weighted by molar-refractivity contribution is 6.07. The fraction of sp³-hybridized carbons (Fsp3) is 0.391. The molecular formula is C23H27N5O4. The molecule has 0 unspecified atom stereocenters. The number of carbonyl (C=O) groups is 1. The van der Waals surface area contributed by atoms with Crippen molar-refractivity contribution >= 4 is 28.3 Å². The number of aromatic amines is 1. The predicted molar refractivity (Wildman–Crippen MR) is 122 cm³/mol. The molecular weight excluding hydrogens is 410 g/mol. The van der Waals surface area contributed by atoms with Crippen LogP contribution in [0.4, 0.5) is 11.5 Å². The Morgan fingerprint density at radius 1 is 1.34 bits per heavy atom. The summed E-state index contributed by atoms with van der Waals surface area (Å²) in [7, 11) is 2.02. The monoisotopic (exact) mass is 437 g/mol. The Hall–Kier alpha value is -3.62. The van der Waals surface area contributed by atoms with E-state index in [1.165, 1.54) is 12.1 Å². The minimum absolute atomic E-state index is 0.0251. The molecule has 0 bridgehead atoms. The van der Waals surface area contributed by atoms with Crippen LogP contribution in [0.5, 0.6) is 5.75 Å². The molecule has 0 radical (unpaired) electrons. The van der Waals surface area contributed by atoms with Crippen LogP contribution in [-0.2, 0) is 0 Å². The summed E-state index contributed by atoms with van der Waals surface area (Å²) in [6.07, 6.45) is 5.93. The molecule has 32 heavy (non-hydrogen) atoms. The van der Waals surface area contributed by atoms with Gasteiger partial charge in [-0.25, -0.2) is 4.98 Å². The first-order valence-corrected chi connectivity index (χ1v) is 10.8. The lowest BCUT2D eigenvalue weighted by atomic mass is 10.0. The number of nitro groups is 1. The highest BCUT2D eigenvalue weighted by atomic mass is 16.6. The van der Waals surface area contributed by atoms with Crippen molar-refractivity contribution in [1.82, 2.24) is 14.9 Å². The second-order valence-electron chi connectivity index (χ2n) is 8.00. The summed E-state index contributed by atoms with van der Waals surface area (Å²) < 4.78 is 5.85. The number of hydrogen-bond acceptors (Lipinski definition) is 6. The topological polar surface area (TPSA) is 105 Å². The normalized spacial score (nSPS) is 14.5. The average Bonchev–Trinajstić information content (AvgIpc) is 3.25. The Bertz CT molecular complexity index is 1120. The van der Waals surface area contributed by atoms with Crippen molar-refractivity contribution in [1.29, 1.82) is 0 Å². The lowest BCUT2D eigenvalue weighted by Crippen LogP contribution is -2.46. The first-order valence-electron chi connectivity index (χ1n) is 10.8. The number of nitrogens with zero attached hydrogens (tertiary/aromatic N) is 4. The van der Waals surface area contributed by atoms with Gasteiger partial charge in [0.2, 0.25) is 0 Å². The van der Waals surface area contributed by atoms with Crippen LogP contribution >= 0.6 is 0 Å². The average molecular weight is 438 g/mol. The summed E-state index contributed by atoms with van der Waals surface area (Å²) >= 11 is 0. The number of nitro benzene ring substituents is 1. The number of non-ortho nitro benzene ring substituents is 1. The molecule has 0 aliphatic carbocycles. The van der Waals surface area contributed by atoms with E-state index >= 15 is 0 Å². The zero-order chi connectivity index (χ0) is 22.7. The Kier molecular flexibility index (Phi) is 6.25. The van der Waals surface area contributed by atoms with E-state index < -0.39 is 4.92 Å². The quantitative estimate of drug-likeness (QED) is 0.442. The first kappa shape index (κ1) is 21.6. The van der Waals surface area contributed by atoms with E-state index in [4.69, 9.17) is 4.74 Å². The molecule has 1 aliphatic heterocycles. The van der Waals surface area contributed by atoms with Crippen LogP contribution in [0.1, 0.15) is 36.5 Å². The SMILES string of the molecule is CCCOc1cccnc1N(C)C1CCN(C(=O)c2c[nH]c3ccc([N+](=O)[O-])cc23)CC1. The van der Waals surface area contributed by atoms with Crippen LogP contribution in [-0.4, -0.2) is 58.5 Å². The third kappa shape index (κ3) is 4.23. The standard InChI is InChI=1S/C23H27N5O4/c1-3-13-32-21-5-4-10-24-22(21)26(2)16-8-11-27(12-9-16)23(29)19-15-25-20-7-6-17(28(30)31)14-18(19)20/h4-7,10,14-16,25H,3,8-9,11-13H2,1-2H3. The van der Waals surface area contributed by atoms with E-state index in [1.54, 1.807) is 18.5 Å². The van der Waals surface area contributed by atoms with Crippen molar-refractivity contribution in [3.8, 4) is 5.75 Å². The van der Waals surface area contributed by atoms with Crippen molar-refractivity contribution in [2.24, 2.45) is 0 Å². The minimum Gasteiger partial charge on any atom is -0.490 e. The summed E-state index contributed by atoms with van der Waals surface area (Å²) in [4.78, 5) is 35.4. The molecule has 2 aromatic heterocycles. The summed E-state index contributed by atoms with van der Waals surface area (Å²) in [6, 6.07) is 8.57. The number of pyridine rings is 1. The van der Waals surface area contributed by atoms with Crippen LogP contribution < -0.4 is 9.64 Å². The maximum atomic E-state index is 13.2. The number of piperidine rings is 1. The van der Waals surface area contributed by atoms with Crippen LogP contribution in [0.15, 0.2) is 42.7 Å². The van der Waals surface area contributed by atoms with Crippen molar-refractivity contribution in [2.75, 3.05) is 31.6 Å². The van der Waals surface area contributed by atoms with Gasteiger partial charge in [-0.2, -0.15) is 0 Å². The lowest BCUT2D eigenvalue weighted by molar-refractivity contribution is -0.384. The molecule has 1 N–H and O–H groups in total. The number of H-pyrrole nitrogens is 1. The minimum atomic E-state index is -0.446. The molecule has 1 aromatic carbocycles. The number of anilines is 1. The van der Waals surface area contributed by atoms with Gasteiger partial charge in [-0.15, -0.1) is 0 Å². The third-order valence-electron chi connectivity index (χ3n) is 5.95. The number of aromatic nitrogens is 2. The van der Waals surface area contributed by atoms with E-state index in [0.29, 0.717) is 36.2 Å². The number of amides is 1. The van der Waals surface area contributed by atoms with Crippen LogP contribution in [0.25, 0.3) is 10.9 Å². The largest absolute Gasteiger partial charge is 0.490 e. The maximum Gasteiger partial charge on any atom is 0.270 e. The Morgan fingerprint density at radius 2 is 2.12 bits per heavy atom. The van der Waals surface area contributed by atoms with E-state index in [0.717, 1.165) is 30.8 Å². The van der Waals surface area contributed by atoms with E-state index in [9.17, 15) is 14.9 Å². The fourth-order valence-electron chi connectivity index (χ4n) is 4.17. The van der Waals surface area contributed by atoms with Gasteiger partial charge in [-0.3, -0.25) is 14.9 Å². The molecule has 168 valence electrons. The third-order valence-corrected chi connectivity index (χ3v) is 5.95. The summed E-state index contributed by atoms with van der Waals surface area (Å²) in [5, 5.41) is 11.7. The smallest absolute Gasteiger partial charge is 0.270 e. The number of likely N-dealkylation sites (tertiary alicyclic amines) is 1. The molecule has 0 spiro atoms. The van der Waals surface area contributed by atoms with Gasteiger partial charge in [-0.1, -0.05) is 6.92 Å². The number of benzene rings is 1. The number of fused-ring (bicyclic) bond motifs is 1. The van der Waals surface area contributed by atoms with Gasteiger partial charge >= 0.3 is 0 Å². The fourth-order valence-corrected chi connectivity index (χ4v) is 4.17. The van der Waals surface area contributed by atoms with Gasteiger partial charge in [-0.05, 0) is 37.5 Å². The first-order chi connectivity index (χ1) is 15.5. The molecule has 1 saturated heterocycles. The van der Waals surface area contributed by atoms with Crippen molar-refractivity contribution < 1.29 is 14.5 Å². The Balaban J connectivity index is 1.45. The predicted octanol–water partition coefficient (Wildman–Crippen LogP) is 4.00. The number of hydrogen-bond donors (Lipinski definition) is 1. The van der Waals surface area contributed by atoms with E-state index in [2.05, 4.69) is 21.8 Å². The second kappa shape index (κ2) is 9.25. The van der Waals surface area contributed by atoms with Crippen LogP contribution in [0.3, 0.4) is 0 Å². The van der Waals surface area contributed by atoms with Crippen molar-refractivity contribution in [2.45, 2.75) is 32.2 Å². The number of rotatable bonds is 7. The highest BCUT2D eigenvalue weighted by Gasteiger charge is 2.29. The summed E-state index contributed by atoms with van der Waals surface area (Å²) in [5.74, 6) is 1.48. The number of ether oxygens (including phenoxy) is 1. The Labute approximate surface area is 186 Å². The Morgan fingerprint density at radius 3 is 2.84 bits per heavy atom. The van der Waals surface area contributed by atoms with Gasteiger partial charge in [0.05, 0.1) is 17.1 Å². The van der Waals surface area contributed by atoms with Crippen LogP contribution in [0.2, 0.25) is 0 Å². The molecule has 9 nitrogen and oxygen atoms in total. The van der Waals surface area contributed by atoms with Crippen LogP contribution in [0, 0.1) is 10.1 Å². The second-order valence-corrected chi connectivity index (χ2v) is 8.00. The molecule has 1 aliphatic rings. The van der Waals surface area contributed by atoms with Gasteiger partial charge in [0.15, 0.2) is 11.6 Å². The lowest BCUT2D eigenvalue weighted by Gasteiger charge is -2.37. The zero-order valence-corrected chi connectivity index (χ0v) is 18.3. The number of carbonyl (C=O) groups excluding carboxylic acids is 1. The molecule has 4 rings (SSSR count). The van der Waals surface area contributed by atoms with E-state index in [-0.39, 0.29) is 17.6 Å². The molecule has 1 fully saturated rings. The molecule has 1 amide bonds. The maximum absolute atomic E-state index is 13.2. The van der Waals surface area contributed by atoms with E-state index in [1.807, 2.05) is 24.1 Å². The molecule has 3 aromatic rings. The molecule has 0 atom stereocenters. The van der Waals surface area contributed by atoms with Gasteiger partial charge in [0.25, 0.3) is 11.6 Å². The van der Waals surface area contributed by atoms with Gasteiger partial charge < -0.3 is 19.5 Å².